The maximum absolute atomic E-state index is 13.3. The second-order valence-corrected chi connectivity index (χ2v) is 3.02. The van der Waals surface area contributed by atoms with Gasteiger partial charge in [0.1, 0.15) is 11.6 Å². The Bertz CT molecular complexity index is 464. The van der Waals surface area contributed by atoms with Crippen molar-refractivity contribution in [3.05, 3.63) is 29.7 Å². The molecular formula is C10H11FN2O. The summed E-state index contributed by atoms with van der Waals surface area (Å²) in [6.07, 6.45) is 1.70. The molecule has 0 amide bonds. The van der Waals surface area contributed by atoms with Gasteiger partial charge in [-0.2, -0.15) is 0 Å². The van der Waals surface area contributed by atoms with Gasteiger partial charge in [0.25, 0.3) is 0 Å². The molecule has 14 heavy (non-hydrogen) atoms. The maximum Gasteiger partial charge on any atom is 0.147 e. The first-order valence-electron chi connectivity index (χ1n) is 4.30. The van der Waals surface area contributed by atoms with Gasteiger partial charge in [-0.05, 0) is 17.7 Å². The molecule has 3 nitrogen and oxygen atoms in total. The number of hydrogen-bond acceptors (Lipinski definition) is 2. The lowest BCUT2D eigenvalue weighted by atomic mass is 10.1. The van der Waals surface area contributed by atoms with Crippen LogP contribution >= 0.6 is 0 Å². The molecule has 3 N–H and O–H groups in total. The number of H-pyrrole nitrogens is 1. The molecule has 2 aromatic rings. The number of aromatic amines is 1. The molecule has 1 aromatic carbocycles. The normalized spacial score (nSPS) is 10.8. The van der Waals surface area contributed by atoms with Crippen LogP contribution in [0.25, 0.3) is 10.9 Å². The van der Waals surface area contributed by atoms with Crippen molar-refractivity contribution in [3.63, 3.8) is 0 Å². The van der Waals surface area contributed by atoms with Crippen LogP contribution in [-0.4, -0.2) is 12.1 Å². The highest BCUT2D eigenvalue weighted by Crippen LogP contribution is 2.30. The molecule has 0 atom stereocenters. The van der Waals surface area contributed by atoms with Gasteiger partial charge in [0.05, 0.1) is 12.6 Å². The van der Waals surface area contributed by atoms with E-state index in [-0.39, 0.29) is 5.82 Å². The van der Waals surface area contributed by atoms with Crippen LogP contribution in [0.3, 0.4) is 0 Å². The van der Waals surface area contributed by atoms with Crippen molar-refractivity contribution in [3.8, 4) is 5.75 Å². The van der Waals surface area contributed by atoms with Crippen LogP contribution in [0.4, 0.5) is 4.39 Å². The quantitative estimate of drug-likeness (QED) is 0.765. The van der Waals surface area contributed by atoms with Crippen molar-refractivity contribution >= 4 is 10.9 Å². The number of methoxy groups -OCH3 is 1. The van der Waals surface area contributed by atoms with E-state index in [0.717, 1.165) is 10.9 Å². The highest BCUT2D eigenvalue weighted by Gasteiger charge is 2.11. The minimum absolute atomic E-state index is 0.291. The van der Waals surface area contributed by atoms with Crippen LogP contribution in [0.2, 0.25) is 0 Å². The Balaban J connectivity index is 2.82. The lowest BCUT2D eigenvalue weighted by Crippen LogP contribution is -1.95. The third-order valence-corrected chi connectivity index (χ3v) is 2.27. The molecule has 0 radical (unpaired) electrons. The van der Waals surface area contributed by atoms with E-state index in [4.69, 9.17) is 10.5 Å². The van der Waals surface area contributed by atoms with E-state index in [1.54, 1.807) is 19.4 Å². The fraction of sp³-hybridized carbons (Fsp3) is 0.200. The van der Waals surface area contributed by atoms with Crippen molar-refractivity contribution in [2.24, 2.45) is 5.73 Å². The molecule has 0 aliphatic rings. The zero-order valence-corrected chi connectivity index (χ0v) is 7.80. The lowest BCUT2D eigenvalue weighted by Gasteiger charge is -2.03. The zero-order valence-electron chi connectivity index (χ0n) is 7.80. The lowest BCUT2D eigenvalue weighted by molar-refractivity contribution is 0.419. The van der Waals surface area contributed by atoms with Gasteiger partial charge in [-0.15, -0.1) is 0 Å². The van der Waals surface area contributed by atoms with Crippen LogP contribution in [0.5, 0.6) is 5.75 Å². The Morgan fingerprint density at radius 1 is 1.50 bits per heavy atom. The first kappa shape index (κ1) is 9.02. The van der Waals surface area contributed by atoms with E-state index in [2.05, 4.69) is 4.98 Å². The van der Waals surface area contributed by atoms with Gasteiger partial charge in [0.15, 0.2) is 0 Å². The van der Waals surface area contributed by atoms with E-state index < -0.39 is 0 Å². The molecule has 0 unspecified atom stereocenters. The summed E-state index contributed by atoms with van der Waals surface area (Å²) >= 11 is 0. The molecule has 1 aromatic heterocycles. The molecule has 0 aliphatic heterocycles. The maximum atomic E-state index is 13.3. The molecular weight excluding hydrogens is 183 g/mol. The van der Waals surface area contributed by atoms with E-state index in [1.165, 1.54) is 6.07 Å². The van der Waals surface area contributed by atoms with Crippen LogP contribution in [0, 0.1) is 5.82 Å². The summed E-state index contributed by atoms with van der Waals surface area (Å²) in [7, 11) is 1.56. The predicted molar refractivity (Wildman–Crippen MR) is 52.7 cm³/mol. The molecule has 0 bridgehead atoms. The van der Waals surface area contributed by atoms with E-state index in [9.17, 15) is 4.39 Å². The Hall–Kier alpha value is -1.55. The average Bonchev–Trinajstić information content (AvgIpc) is 2.63. The zero-order chi connectivity index (χ0) is 10.1. The molecule has 1 heterocycles. The summed E-state index contributed by atoms with van der Waals surface area (Å²) in [5, 5.41) is 0.731. The fourth-order valence-electron chi connectivity index (χ4n) is 1.58. The highest BCUT2D eigenvalue weighted by molar-refractivity contribution is 5.89. The van der Waals surface area contributed by atoms with Gasteiger partial charge in [-0.25, -0.2) is 4.39 Å². The summed E-state index contributed by atoms with van der Waals surface area (Å²) < 4.78 is 18.5. The number of benzene rings is 1. The number of halogens is 1. The first-order chi connectivity index (χ1) is 6.77. The number of rotatable bonds is 2. The second-order valence-electron chi connectivity index (χ2n) is 3.02. The topological polar surface area (TPSA) is 51.0 Å². The average molecular weight is 194 g/mol. The Morgan fingerprint density at radius 3 is 2.93 bits per heavy atom. The number of aromatic nitrogens is 1. The van der Waals surface area contributed by atoms with Crippen LogP contribution in [0.1, 0.15) is 5.56 Å². The monoisotopic (exact) mass is 194 g/mol. The first-order valence-corrected chi connectivity index (χ1v) is 4.30. The summed E-state index contributed by atoms with van der Waals surface area (Å²) in [4.78, 5) is 2.85. The van der Waals surface area contributed by atoms with E-state index in [1.807, 2.05) is 0 Å². The van der Waals surface area contributed by atoms with E-state index >= 15 is 0 Å². The summed E-state index contributed by atoms with van der Waals surface area (Å²) in [5.41, 5.74) is 6.84. The smallest absolute Gasteiger partial charge is 0.147 e. The Morgan fingerprint density at radius 2 is 2.29 bits per heavy atom. The number of fused-ring (bicyclic) bond motifs is 1. The number of ether oxygens (including phenoxy) is 1. The van der Waals surface area contributed by atoms with Crippen LogP contribution in [-0.2, 0) is 6.54 Å². The minimum Gasteiger partial charge on any atom is -0.496 e. The Labute approximate surface area is 80.7 Å². The third kappa shape index (κ3) is 1.15. The molecule has 0 saturated carbocycles. The summed E-state index contributed by atoms with van der Waals surface area (Å²) in [5.74, 6) is 0.351. The SMILES string of the molecule is COc1ccc(F)c2[nH]cc(CN)c12. The second kappa shape index (κ2) is 3.31. The number of nitrogens with two attached hydrogens (primary N) is 1. The summed E-state index contributed by atoms with van der Waals surface area (Å²) in [6.45, 7) is 0.361. The molecule has 0 spiro atoms. The van der Waals surface area contributed by atoms with Crippen molar-refractivity contribution in [2.45, 2.75) is 6.54 Å². The van der Waals surface area contributed by atoms with E-state index in [0.29, 0.717) is 17.8 Å². The third-order valence-electron chi connectivity index (χ3n) is 2.27. The fourth-order valence-corrected chi connectivity index (χ4v) is 1.58. The molecule has 74 valence electrons. The molecule has 0 fully saturated rings. The molecule has 4 heteroatoms. The number of hydrogen-bond donors (Lipinski definition) is 2. The van der Waals surface area contributed by atoms with Gasteiger partial charge in [0, 0.05) is 18.1 Å². The van der Waals surface area contributed by atoms with Crippen molar-refractivity contribution < 1.29 is 9.13 Å². The predicted octanol–water partition coefficient (Wildman–Crippen LogP) is 1.77. The minimum atomic E-state index is -0.291. The van der Waals surface area contributed by atoms with Crippen LogP contribution in [0.15, 0.2) is 18.3 Å². The molecule has 0 aliphatic carbocycles. The van der Waals surface area contributed by atoms with Gasteiger partial charge in [-0.1, -0.05) is 0 Å². The number of nitrogens with one attached hydrogen (secondary N) is 1. The largest absolute Gasteiger partial charge is 0.496 e. The Kier molecular flexibility index (Phi) is 2.13. The molecule has 2 rings (SSSR count). The van der Waals surface area contributed by atoms with Crippen molar-refractivity contribution in [2.75, 3.05) is 7.11 Å². The van der Waals surface area contributed by atoms with Gasteiger partial charge in [-0.3, -0.25) is 0 Å². The standard InChI is InChI=1S/C10H11FN2O/c1-14-8-3-2-7(11)10-9(8)6(4-12)5-13-10/h2-3,5,13H,4,12H2,1H3. The van der Waals surface area contributed by atoms with Gasteiger partial charge in [0.2, 0.25) is 0 Å². The highest BCUT2D eigenvalue weighted by atomic mass is 19.1. The van der Waals surface area contributed by atoms with Crippen molar-refractivity contribution in [1.82, 2.24) is 4.98 Å². The summed E-state index contributed by atoms with van der Waals surface area (Å²) in [6, 6.07) is 2.97. The van der Waals surface area contributed by atoms with Gasteiger partial charge < -0.3 is 15.5 Å². The van der Waals surface area contributed by atoms with Gasteiger partial charge >= 0.3 is 0 Å². The van der Waals surface area contributed by atoms with Crippen molar-refractivity contribution in [1.29, 1.82) is 0 Å². The molecule has 0 saturated heterocycles. The van der Waals surface area contributed by atoms with Crippen LogP contribution < -0.4 is 10.5 Å².